The van der Waals surface area contributed by atoms with Gasteiger partial charge >= 0.3 is 12.1 Å². The van der Waals surface area contributed by atoms with Crippen LogP contribution in [-0.2, 0) is 4.79 Å². The first-order valence-electron chi connectivity index (χ1n) is 9.35. The summed E-state index contributed by atoms with van der Waals surface area (Å²) >= 11 is 0. The number of ether oxygens (including phenoxy) is 1. The largest absolute Gasteiger partial charge is 0.483 e. The second kappa shape index (κ2) is 9.05. The third-order valence-electron chi connectivity index (χ3n) is 4.50. The molecule has 8 nitrogen and oxygen atoms in total. The number of aromatic nitrogens is 3. The summed E-state index contributed by atoms with van der Waals surface area (Å²) in [6, 6.07) is 9.12. The molecule has 0 fully saturated rings. The molecule has 0 aliphatic heterocycles. The van der Waals surface area contributed by atoms with Crippen LogP contribution in [0, 0.1) is 18.3 Å². The summed E-state index contributed by atoms with van der Waals surface area (Å²) in [4.78, 5) is 19.6. The van der Waals surface area contributed by atoms with Gasteiger partial charge in [0, 0.05) is 28.4 Å². The van der Waals surface area contributed by atoms with Gasteiger partial charge in [-0.3, -0.25) is 9.78 Å². The van der Waals surface area contributed by atoms with Crippen LogP contribution in [0.1, 0.15) is 36.2 Å². The monoisotopic (exact) mass is 446 g/mol. The van der Waals surface area contributed by atoms with E-state index in [0.29, 0.717) is 22.5 Å². The number of benzene rings is 1. The third kappa shape index (κ3) is 5.40. The van der Waals surface area contributed by atoms with Gasteiger partial charge in [0.05, 0.1) is 12.0 Å². The number of aliphatic carboxylic acids is 1. The number of aryl methyl sites for hydroxylation is 1. The number of carboxylic acids is 1. The molecule has 2 heterocycles. The molecule has 0 amide bonds. The standard InChI is InChI=1S/C21H17F3N4O4/c1-11(7-18(29)30)16-5-4-15(12(2)26-16)19-27-20(32-28-19)13-3-6-17(14(8-13)9-25)31-10-21(22,23)24/h3-6,8,11H,7,10H2,1-2H3,(H,29,30). The minimum absolute atomic E-state index is 0.0535. The lowest BCUT2D eigenvalue weighted by Gasteiger charge is -2.10. The van der Waals surface area contributed by atoms with Gasteiger partial charge in [-0.25, -0.2) is 0 Å². The van der Waals surface area contributed by atoms with Crippen molar-refractivity contribution in [3.05, 3.63) is 47.3 Å². The van der Waals surface area contributed by atoms with E-state index in [1.54, 1.807) is 32.0 Å². The van der Waals surface area contributed by atoms with Crippen LogP contribution >= 0.6 is 0 Å². The number of halogens is 3. The molecule has 2 aromatic heterocycles. The van der Waals surface area contributed by atoms with Crippen LogP contribution in [0.5, 0.6) is 5.75 Å². The Morgan fingerprint density at radius 1 is 1.28 bits per heavy atom. The second-order valence-corrected chi connectivity index (χ2v) is 7.02. The summed E-state index contributed by atoms with van der Waals surface area (Å²) in [5, 5.41) is 22.1. The van der Waals surface area contributed by atoms with Crippen LogP contribution < -0.4 is 4.74 Å². The summed E-state index contributed by atoms with van der Waals surface area (Å²) in [6.07, 6.45) is -4.58. The maximum atomic E-state index is 12.4. The summed E-state index contributed by atoms with van der Waals surface area (Å²) < 4.78 is 47.0. The molecule has 3 aromatic rings. The van der Waals surface area contributed by atoms with Gasteiger partial charge in [0.15, 0.2) is 6.61 Å². The molecule has 1 aromatic carbocycles. The van der Waals surface area contributed by atoms with E-state index in [2.05, 4.69) is 19.9 Å². The highest BCUT2D eigenvalue weighted by atomic mass is 19.4. The normalized spacial score (nSPS) is 12.2. The van der Waals surface area contributed by atoms with E-state index in [1.807, 2.05) is 0 Å². The average molecular weight is 446 g/mol. The van der Waals surface area contributed by atoms with Crippen molar-refractivity contribution >= 4 is 5.97 Å². The van der Waals surface area contributed by atoms with Gasteiger partial charge in [0.1, 0.15) is 11.8 Å². The molecule has 0 radical (unpaired) electrons. The summed E-state index contributed by atoms with van der Waals surface area (Å²) in [5.74, 6) is -1.13. The SMILES string of the molecule is Cc1nc(C(C)CC(=O)O)ccc1-c1noc(-c2ccc(OCC(F)(F)F)c(C#N)c2)n1. The van der Waals surface area contributed by atoms with Gasteiger partial charge in [-0.15, -0.1) is 0 Å². The van der Waals surface area contributed by atoms with Crippen molar-refractivity contribution in [3.8, 4) is 34.7 Å². The second-order valence-electron chi connectivity index (χ2n) is 7.02. The molecule has 32 heavy (non-hydrogen) atoms. The topological polar surface area (TPSA) is 122 Å². The summed E-state index contributed by atoms with van der Waals surface area (Å²) in [5.41, 5.74) is 1.97. The number of pyridine rings is 1. The Balaban J connectivity index is 1.84. The van der Waals surface area contributed by atoms with Crippen LogP contribution in [0.4, 0.5) is 13.2 Å². The maximum Gasteiger partial charge on any atom is 0.422 e. The van der Waals surface area contributed by atoms with Gasteiger partial charge < -0.3 is 14.4 Å². The molecule has 0 saturated carbocycles. The molecule has 1 N–H and O–H groups in total. The zero-order chi connectivity index (χ0) is 23.5. The Bertz CT molecular complexity index is 1180. The molecule has 0 aliphatic carbocycles. The smallest absolute Gasteiger partial charge is 0.422 e. The molecular formula is C21H17F3N4O4. The van der Waals surface area contributed by atoms with Crippen molar-refractivity contribution in [3.63, 3.8) is 0 Å². The number of carbonyl (C=O) groups is 1. The van der Waals surface area contributed by atoms with E-state index in [9.17, 15) is 23.2 Å². The highest BCUT2D eigenvalue weighted by molar-refractivity contribution is 5.68. The van der Waals surface area contributed by atoms with Crippen molar-refractivity contribution in [1.29, 1.82) is 5.26 Å². The number of rotatable bonds is 7. The lowest BCUT2D eigenvalue weighted by Crippen LogP contribution is -2.19. The maximum absolute atomic E-state index is 12.4. The Kier molecular flexibility index (Phi) is 6.43. The number of hydrogen-bond acceptors (Lipinski definition) is 7. The predicted octanol–water partition coefficient (Wildman–Crippen LogP) is 4.50. The van der Waals surface area contributed by atoms with E-state index in [0.717, 1.165) is 0 Å². The first-order chi connectivity index (χ1) is 15.1. The van der Waals surface area contributed by atoms with Crippen molar-refractivity contribution in [1.82, 2.24) is 15.1 Å². The fourth-order valence-corrected chi connectivity index (χ4v) is 2.94. The third-order valence-corrected chi connectivity index (χ3v) is 4.50. The van der Waals surface area contributed by atoms with Crippen molar-refractivity contribution in [2.24, 2.45) is 0 Å². The van der Waals surface area contributed by atoms with E-state index in [4.69, 9.17) is 9.63 Å². The quantitative estimate of drug-likeness (QED) is 0.563. The number of hydrogen-bond donors (Lipinski definition) is 1. The fourth-order valence-electron chi connectivity index (χ4n) is 2.94. The summed E-state index contributed by atoms with van der Waals surface area (Å²) in [6.45, 7) is 1.97. The lowest BCUT2D eigenvalue weighted by molar-refractivity contribution is -0.153. The minimum atomic E-state index is -4.53. The number of nitriles is 1. The van der Waals surface area contributed by atoms with Crippen LogP contribution in [0.25, 0.3) is 22.8 Å². The molecule has 1 unspecified atom stereocenters. The van der Waals surface area contributed by atoms with E-state index in [1.165, 1.54) is 18.2 Å². The van der Waals surface area contributed by atoms with Gasteiger partial charge in [0.25, 0.3) is 5.89 Å². The van der Waals surface area contributed by atoms with Gasteiger partial charge in [-0.05, 0) is 37.3 Å². The van der Waals surface area contributed by atoms with Crippen LogP contribution in [0.2, 0.25) is 0 Å². The molecule has 166 valence electrons. The first kappa shape index (κ1) is 22.7. The van der Waals surface area contributed by atoms with Crippen molar-refractivity contribution < 1.29 is 32.3 Å². The van der Waals surface area contributed by atoms with Crippen molar-refractivity contribution in [2.75, 3.05) is 6.61 Å². The molecule has 0 saturated heterocycles. The lowest BCUT2D eigenvalue weighted by atomic mass is 10.0. The molecule has 1 atom stereocenters. The zero-order valence-corrected chi connectivity index (χ0v) is 17.0. The van der Waals surface area contributed by atoms with Crippen LogP contribution in [-0.4, -0.2) is 39.0 Å². The molecule has 3 rings (SSSR count). The minimum Gasteiger partial charge on any atom is -0.483 e. The van der Waals surface area contributed by atoms with Gasteiger partial charge in [-0.1, -0.05) is 12.1 Å². The molecule has 0 bridgehead atoms. The van der Waals surface area contributed by atoms with Crippen LogP contribution in [0.15, 0.2) is 34.9 Å². The Hall–Kier alpha value is -3.94. The van der Waals surface area contributed by atoms with E-state index >= 15 is 0 Å². The number of carboxylic acid groups (broad SMARTS) is 1. The molecule has 11 heteroatoms. The summed E-state index contributed by atoms with van der Waals surface area (Å²) in [7, 11) is 0. The van der Waals surface area contributed by atoms with Gasteiger partial charge in [-0.2, -0.15) is 23.4 Å². The fraction of sp³-hybridized carbons (Fsp3) is 0.286. The van der Waals surface area contributed by atoms with E-state index < -0.39 is 18.8 Å². The Morgan fingerprint density at radius 2 is 2.03 bits per heavy atom. The molecule has 0 spiro atoms. The number of nitrogens with zero attached hydrogens (tertiary/aromatic N) is 4. The zero-order valence-electron chi connectivity index (χ0n) is 17.0. The highest BCUT2D eigenvalue weighted by Gasteiger charge is 2.29. The van der Waals surface area contributed by atoms with Gasteiger partial charge in [0.2, 0.25) is 5.82 Å². The average Bonchev–Trinajstić information content (AvgIpc) is 3.20. The molecular weight excluding hydrogens is 429 g/mol. The van der Waals surface area contributed by atoms with Crippen molar-refractivity contribution in [2.45, 2.75) is 32.4 Å². The Labute approximate surface area is 180 Å². The predicted molar refractivity (Wildman–Crippen MR) is 105 cm³/mol. The number of alkyl halides is 3. The highest BCUT2D eigenvalue weighted by Crippen LogP contribution is 2.29. The van der Waals surface area contributed by atoms with Crippen LogP contribution in [0.3, 0.4) is 0 Å². The Morgan fingerprint density at radius 3 is 2.66 bits per heavy atom. The first-order valence-corrected chi connectivity index (χ1v) is 9.35. The van der Waals surface area contributed by atoms with E-state index in [-0.39, 0.29) is 35.4 Å². The molecule has 0 aliphatic rings.